The van der Waals surface area contributed by atoms with Gasteiger partial charge in [-0.05, 0) is 83.3 Å². The fraction of sp³-hybridized carbons (Fsp3) is 0.680. The minimum absolute atomic E-state index is 0.0626. The van der Waals surface area contributed by atoms with Crippen molar-refractivity contribution >= 4 is 11.8 Å². The summed E-state index contributed by atoms with van der Waals surface area (Å²) in [4.78, 5) is 22.8. The van der Waals surface area contributed by atoms with Gasteiger partial charge < -0.3 is 5.11 Å². The molecule has 1 aliphatic carbocycles. The number of carbonyl (C=O) groups is 2. The van der Waals surface area contributed by atoms with E-state index >= 15 is 0 Å². The molecule has 0 amide bonds. The molecular weight excluding hydrogens is 348 g/mol. The van der Waals surface area contributed by atoms with E-state index in [-0.39, 0.29) is 5.41 Å². The molecule has 0 saturated heterocycles. The van der Waals surface area contributed by atoms with Gasteiger partial charge in [-0.2, -0.15) is 0 Å². The van der Waals surface area contributed by atoms with Crippen LogP contribution in [0.5, 0.6) is 0 Å². The van der Waals surface area contributed by atoms with Crippen LogP contribution in [-0.2, 0) is 22.4 Å². The van der Waals surface area contributed by atoms with Crippen LogP contribution in [-0.4, -0.2) is 16.9 Å². The van der Waals surface area contributed by atoms with Gasteiger partial charge in [0.25, 0.3) is 0 Å². The smallest absolute Gasteiger partial charge is 0.309 e. The molecule has 0 unspecified atom stereocenters. The Hall–Kier alpha value is -1.64. The first-order chi connectivity index (χ1) is 13.3. The van der Waals surface area contributed by atoms with Gasteiger partial charge in [0.2, 0.25) is 0 Å². The molecule has 0 aromatic heterocycles. The third-order valence-corrected chi connectivity index (χ3v) is 6.65. The number of carbonyl (C=O) groups excluding carboxylic acids is 1. The second-order valence-corrected chi connectivity index (χ2v) is 9.42. The largest absolute Gasteiger partial charge is 0.481 e. The van der Waals surface area contributed by atoms with Crippen LogP contribution < -0.4 is 0 Å². The normalized spacial score (nSPS) is 15.4. The first-order valence-corrected chi connectivity index (χ1v) is 11.1. The lowest BCUT2D eigenvalue weighted by Crippen LogP contribution is -2.23. The van der Waals surface area contributed by atoms with E-state index in [0.717, 1.165) is 57.8 Å². The van der Waals surface area contributed by atoms with Crippen molar-refractivity contribution in [3.8, 4) is 0 Å². The van der Waals surface area contributed by atoms with Crippen molar-refractivity contribution in [2.75, 3.05) is 0 Å². The second-order valence-electron chi connectivity index (χ2n) is 9.42. The lowest BCUT2D eigenvalue weighted by molar-refractivity contribution is -0.147. The van der Waals surface area contributed by atoms with E-state index in [0.29, 0.717) is 5.78 Å². The standard InChI is InChI=1S/C25H38O3/c1-20(26)25(18-19-25)17-11-5-7-13-22-15-9-8-14-21(22)12-6-4-10-16-24(2,3)23(27)28/h8-9,14-15H,4-7,10-13,16-19H2,1-3H3,(H,27,28). The molecule has 1 N–H and O–H groups in total. The molecule has 0 spiro atoms. The van der Waals surface area contributed by atoms with Gasteiger partial charge in [-0.25, -0.2) is 0 Å². The number of carboxylic acids is 1. The van der Waals surface area contributed by atoms with Crippen LogP contribution >= 0.6 is 0 Å². The number of benzene rings is 1. The molecule has 0 aliphatic heterocycles. The van der Waals surface area contributed by atoms with E-state index in [1.165, 1.54) is 30.4 Å². The maximum Gasteiger partial charge on any atom is 0.309 e. The van der Waals surface area contributed by atoms with Crippen LogP contribution in [0.25, 0.3) is 0 Å². The van der Waals surface area contributed by atoms with Gasteiger partial charge >= 0.3 is 5.97 Å². The summed E-state index contributed by atoms with van der Waals surface area (Å²) >= 11 is 0. The van der Waals surface area contributed by atoms with E-state index in [1.54, 1.807) is 6.92 Å². The summed E-state index contributed by atoms with van der Waals surface area (Å²) in [6, 6.07) is 8.74. The van der Waals surface area contributed by atoms with Crippen molar-refractivity contribution < 1.29 is 14.7 Å². The fourth-order valence-electron chi connectivity index (χ4n) is 4.10. The first kappa shape index (κ1) is 22.6. The monoisotopic (exact) mass is 386 g/mol. The summed E-state index contributed by atoms with van der Waals surface area (Å²) in [6.45, 7) is 5.38. The predicted molar refractivity (Wildman–Crippen MR) is 115 cm³/mol. The summed E-state index contributed by atoms with van der Waals surface area (Å²) in [5.74, 6) is -0.307. The molecule has 2 rings (SSSR count). The molecular formula is C25H38O3. The van der Waals surface area contributed by atoms with Crippen molar-refractivity contribution in [3.63, 3.8) is 0 Å². The van der Waals surface area contributed by atoms with Gasteiger partial charge in [0.1, 0.15) is 5.78 Å². The van der Waals surface area contributed by atoms with Crippen molar-refractivity contribution in [1.29, 1.82) is 0 Å². The number of carboxylic acid groups (broad SMARTS) is 1. The molecule has 0 heterocycles. The average Bonchev–Trinajstić information content (AvgIpc) is 3.43. The molecule has 1 aromatic rings. The summed E-state index contributed by atoms with van der Waals surface area (Å²) < 4.78 is 0. The minimum Gasteiger partial charge on any atom is -0.481 e. The van der Waals surface area contributed by atoms with Crippen molar-refractivity contribution in [1.82, 2.24) is 0 Å². The Bertz CT molecular complexity index is 611. The lowest BCUT2D eigenvalue weighted by atomic mass is 9.87. The van der Waals surface area contributed by atoms with Gasteiger partial charge in [-0.15, -0.1) is 0 Å². The van der Waals surface area contributed by atoms with Crippen molar-refractivity contribution in [2.45, 2.75) is 97.8 Å². The van der Waals surface area contributed by atoms with Crippen LogP contribution in [0.2, 0.25) is 0 Å². The van der Waals surface area contributed by atoms with E-state index in [1.807, 2.05) is 13.8 Å². The van der Waals surface area contributed by atoms with Gasteiger partial charge in [0, 0.05) is 5.41 Å². The summed E-state index contributed by atoms with van der Waals surface area (Å²) in [7, 11) is 0. The number of rotatable bonds is 14. The molecule has 0 bridgehead atoms. The van der Waals surface area contributed by atoms with Gasteiger partial charge in [-0.1, -0.05) is 49.9 Å². The Labute approximate surface area is 170 Å². The number of hydrogen-bond donors (Lipinski definition) is 1. The Morgan fingerprint density at radius 3 is 1.93 bits per heavy atom. The third-order valence-electron chi connectivity index (χ3n) is 6.65. The van der Waals surface area contributed by atoms with Gasteiger partial charge in [0.15, 0.2) is 0 Å². The number of hydrogen-bond acceptors (Lipinski definition) is 2. The lowest BCUT2D eigenvalue weighted by Gasteiger charge is -2.18. The van der Waals surface area contributed by atoms with Crippen molar-refractivity contribution in [3.05, 3.63) is 35.4 Å². The van der Waals surface area contributed by atoms with E-state index in [4.69, 9.17) is 0 Å². The molecule has 1 saturated carbocycles. The number of ketones is 1. The van der Waals surface area contributed by atoms with E-state index < -0.39 is 11.4 Å². The molecule has 3 heteroatoms. The highest BCUT2D eigenvalue weighted by Crippen LogP contribution is 2.50. The molecule has 1 aliphatic rings. The molecule has 1 fully saturated rings. The molecule has 3 nitrogen and oxygen atoms in total. The highest BCUT2D eigenvalue weighted by atomic mass is 16.4. The Kier molecular flexibility index (Phi) is 8.27. The third kappa shape index (κ3) is 6.76. The zero-order chi connectivity index (χ0) is 20.6. The minimum atomic E-state index is -0.700. The van der Waals surface area contributed by atoms with Crippen LogP contribution in [0.1, 0.15) is 96.1 Å². The predicted octanol–water partition coefficient (Wildman–Crippen LogP) is 6.37. The molecule has 28 heavy (non-hydrogen) atoms. The van der Waals surface area contributed by atoms with Crippen LogP contribution in [0.3, 0.4) is 0 Å². The van der Waals surface area contributed by atoms with E-state index in [9.17, 15) is 14.7 Å². The SMILES string of the molecule is CC(=O)C1(CCCCCc2ccccc2CCCCCC(C)(C)C(=O)O)CC1. The second kappa shape index (κ2) is 10.2. The number of unbranched alkanes of at least 4 members (excludes halogenated alkanes) is 4. The summed E-state index contributed by atoms with van der Waals surface area (Å²) in [5, 5.41) is 9.19. The van der Waals surface area contributed by atoms with Crippen LogP contribution in [0.15, 0.2) is 24.3 Å². The summed E-state index contributed by atoms with van der Waals surface area (Å²) in [5.41, 5.74) is 2.36. The zero-order valence-corrected chi connectivity index (χ0v) is 18.1. The first-order valence-electron chi connectivity index (χ1n) is 11.1. The van der Waals surface area contributed by atoms with Crippen LogP contribution in [0.4, 0.5) is 0 Å². The highest BCUT2D eigenvalue weighted by molar-refractivity contribution is 5.84. The topological polar surface area (TPSA) is 54.4 Å². The van der Waals surface area contributed by atoms with Gasteiger partial charge in [-0.3, -0.25) is 9.59 Å². The maximum atomic E-state index is 11.7. The van der Waals surface area contributed by atoms with Crippen LogP contribution in [0, 0.1) is 10.8 Å². The zero-order valence-electron chi connectivity index (χ0n) is 18.1. The molecule has 0 atom stereocenters. The summed E-state index contributed by atoms with van der Waals surface area (Å²) in [6.07, 6.45) is 13.0. The number of aryl methyl sites for hydroxylation is 2. The van der Waals surface area contributed by atoms with E-state index in [2.05, 4.69) is 24.3 Å². The quantitative estimate of drug-likeness (QED) is 0.378. The Morgan fingerprint density at radius 2 is 1.46 bits per heavy atom. The number of Topliss-reactive ketones (excluding diaryl/α,β-unsaturated/α-hetero) is 1. The fourth-order valence-corrected chi connectivity index (χ4v) is 4.10. The molecule has 156 valence electrons. The Balaban J connectivity index is 1.66. The highest BCUT2D eigenvalue weighted by Gasteiger charge is 2.46. The van der Waals surface area contributed by atoms with Gasteiger partial charge in [0.05, 0.1) is 5.41 Å². The average molecular weight is 387 g/mol. The Morgan fingerprint density at radius 1 is 0.929 bits per heavy atom. The molecule has 1 aromatic carbocycles. The maximum absolute atomic E-state index is 11.7. The van der Waals surface area contributed by atoms with Crippen molar-refractivity contribution in [2.24, 2.45) is 10.8 Å². The molecule has 0 radical (unpaired) electrons. The number of aliphatic carboxylic acids is 1.